The molecule has 1 aromatic carbocycles. The third kappa shape index (κ3) is 4.48. The van der Waals surface area contributed by atoms with Crippen LogP contribution in [0, 0.1) is 0 Å². The van der Waals surface area contributed by atoms with Crippen molar-refractivity contribution in [3.8, 4) is 11.5 Å². The van der Waals surface area contributed by atoms with Gasteiger partial charge in [-0.05, 0) is 26.7 Å². The molecule has 8 nitrogen and oxygen atoms in total. The van der Waals surface area contributed by atoms with Crippen molar-refractivity contribution in [1.82, 2.24) is 5.16 Å². The highest BCUT2D eigenvalue weighted by molar-refractivity contribution is 6.04. The van der Waals surface area contributed by atoms with Gasteiger partial charge in [0.2, 0.25) is 0 Å². The molecular weight excluding hydrogens is 374 g/mol. The molecule has 8 heteroatoms. The molecule has 2 aromatic rings. The fourth-order valence-electron chi connectivity index (χ4n) is 3.39. The van der Waals surface area contributed by atoms with Gasteiger partial charge < -0.3 is 29.0 Å². The molecule has 2 fully saturated rings. The number of benzene rings is 1. The van der Waals surface area contributed by atoms with E-state index in [0.717, 1.165) is 37.4 Å². The topological polar surface area (TPSA) is 86.1 Å². The van der Waals surface area contributed by atoms with E-state index in [-0.39, 0.29) is 11.6 Å². The molecule has 1 aliphatic heterocycles. The summed E-state index contributed by atoms with van der Waals surface area (Å²) in [7, 11) is 0. The Hall–Kier alpha value is -2.74. The second-order valence-corrected chi connectivity index (χ2v) is 7.12. The number of morpholine rings is 1. The lowest BCUT2D eigenvalue weighted by molar-refractivity contribution is 0.101. The summed E-state index contributed by atoms with van der Waals surface area (Å²) < 4.78 is 22.5. The molecule has 4 rings (SSSR count). The number of rotatable bonds is 8. The minimum Gasteiger partial charge on any atom is -0.492 e. The number of anilines is 2. The van der Waals surface area contributed by atoms with E-state index in [9.17, 15) is 4.79 Å². The van der Waals surface area contributed by atoms with Crippen LogP contribution in [-0.4, -0.2) is 50.6 Å². The zero-order valence-electron chi connectivity index (χ0n) is 16.9. The number of nitrogens with zero attached hydrogens (tertiary/aromatic N) is 2. The van der Waals surface area contributed by atoms with Gasteiger partial charge in [-0.2, -0.15) is 0 Å². The molecule has 1 saturated heterocycles. The Labute approximate surface area is 170 Å². The second kappa shape index (κ2) is 8.73. The number of hydrogen-bond acceptors (Lipinski definition) is 7. The summed E-state index contributed by atoms with van der Waals surface area (Å²) in [6.45, 7) is 7.75. The van der Waals surface area contributed by atoms with Gasteiger partial charge in [-0.3, -0.25) is 4.79 Å². The lowest BCUT2D eigenvalue weighted by atomic mass is 10.2. The third-order valence-corrected chi connectivity index (χ3v) is 5.00. The molecule has 1 aromatic heterocycles. The monoisotopic (exact) mass is 401 g/mol. The Bertz CT molecular complexity index is 856. The molecular formula is C21H27N3O5. The van der Waals surface area contributed by atoms with Crippen molar-refractivity contribution in [2.24, 2.45) is 0 Å². The third-order valence-electron chi connectivity index (χ3n) is 5.00. The maximum Gasteiger partial charge on any atom is 0.277 e. The van der Waals surface area contributed by atoms with E-state index in [2.05, 4.69) is 15.4 Å². The van der Waals surface area contributed by atoms with Crippen LogP contribution in [0.5, 0.6) is 11.5 Å². The van der Waals surface area contributed by atoms with Crippen LogP contribution in [0.25, 0.3) is 0 Å². The first kappa shape index (κ1) is 19.6. The Morgan fingerprint density at radius 2 is 1.86 bits per heavy atom. The lowest BCUT2D eigenvalue weighted by Crippen LogP contribution is -2.36. The number of hydrogen-bond donors (Lipinski definition) is 1. The Kier molecular flexibility index (Phi) is 5.89. The number of ether oxygens (including phenoxy) is 3. The number of carbonyl (C=O) groups is 1. The van der Waals surface area contributed by atoms with E-state index in [1.807, 2.05) is 26.0 Å². The highest BCUT2D eigenvalue weighted by Crippen LogP contribution is 2.41. The van der Waals surface area contributed by atoms with Crippen LogP contribution in [0.3, 0.4) is 0 Å². The summed E-state index contributed by atoms with van der Waals surface area (Å²) in [6.07, 6.45) is 2.18. The van der Waals surface area contributed by atoms with E-state index in [1.165, 1.54) is 0 Å². The maximum atomic E-state index is 12.7. The smallest absolute Gasteiger partial charge is 0.277 e. The van der Waals surface area contributed by atoms with Gasteiger partial charge in [0.25, 0.3) is 5.91 Å². The summed E-state index contributed by atoms with van der Waals surface area (Å²) in [4.78, 5) is 14.9. The number of amides is 1. The van der Waals surface area contributed by atoms with Gasteiger partial charge in [-0.15, -0.1) is 0 Å². The summed E-state index contributed by atoms with van der Waals surface area (Å²) in [5, 5.41) is 6.82. The minimum absolute atomic E-state index is 0.268. The zero-order valence-corrected chi connectivity index (χ0v) is 16.9. The summed E-state index contributed by atoms with van der Waals surface area (Å²) in [5.74, 6) is 2.14. The van der Waals surface area contributed by atoms with Crippen molar-refractivity contribution < 1.29 is 23.5 Å². The predicted octanol–water partition coefficient (Wildman–Crippen LogP) is 3.44. The predicted molar refractivity (Wildman–Crippen MR) is 108 cm³/mol. The van der Waals surface area contributed by atoms with E-state index >= 15 is 0 Å². The fourth-order valence-corrected chi connectivity index (χ4v) is 3.39. The molecule has 0 spiro atoms. The largest absolute Gasteiger partial charge is 0.492 e. The van der Waals surface area contributed by atoms with Gasteiger partial charge in [0, 0.05) is 37.2 Å². The van der Waals surface area contributed by atoms with Gasteiger partial charge in [-0.25, -0.2) is 0 Å². The minimum atomic E-state index is -0.330. The van der Waals surface area contributed by atoms with Crippen molar-refractivity contribution in [2.45, 2.75) is 32.6 Å². The van der Waals surface area contributed by atoms with E-state index in [4.69, 9.17) is 18.7 Å². The van der Waals surface area contributed by atoms with E-state index in [0.29, 0.717) is 49.5 Å². The molecule has 1 N–H and O–H groups in total. The SMILES string of the molecule is CCOc1cc(N2CCOCC2)c(OCC)cc1NC(=O)c1cc(C2CC2)on1. The van der Waals surface area contributed by atoms with Crippen LogP contribution in [0.15, 0.2) is 22.7 Å². The molecule has 0 atom stereocenters. The first-order valence-corrected chi connectivity index (χ1v) is 10.2. The van der Waals surface area contributed by atoms with Crippen molar-refractivity contribution in [2.75, 3.05) is 49.7 Å². The first-order chi connectivity index (χ1) is 14.2. The van der Waals surface area contributed by atoms with Gasteiger partial charge >= 0.3 is 0 Å². The van der Waals surface area contributed by atoms with Crippen LogP contribution in [0.1, 0.15) is 48.9 Å². The molecule has 1 saturated carbocycles. The van der Waals surface area contributed by atoms with Crippen molar-refractivity contribution in [3.05, 3.63) is 29.7 Å². The van der Waals surface area contributed by atoms with Crippen molar-refractivity contribution in [3.63, 3.8) is 0 Å². The molecule has 1 aliphatic carbocycles. The molecule has 1 amide bonds. The molecule has 2 aliphatic rings. The van der Waals surface area contributed by atoms with E-state index in [1.54, 1.807) is 6.07 Å². The van der Waals surface area contributed by atoms with Crippen LogP contribution in [0.2, 0.25) is 0 Å². The van der Waals surface area contributed by atoms with Crippen molar-refractivity contribution in [1.29, 1.82) is 0 Å². The van der Waals surface area contributed by atoms with Crippen LogP contribution in [0.4, 0.5) is 11.4 Å². The average molecular weight is 401 g/mol. The average Bonchev–Trinajstić information content (AvgIpc) is 3.47. The Balaban J connectivity index is 1.61. The number of carbonyl (C=O) groups excluding carboxylic acids is 1. The molecule has 0 unspecified atom stereocenters. The molecule has 156 valence electrons. The van der Waals surface area contributed by atoms with Gasteiger partial charge in [-0.1, -0.05) is 5.16 Å². The van der Waals surface area contributed by atoms with Gasteiger partial charge in [0.15, 0.2) is 5.69 Å². The maximum absolute atomic E-state index is 12.7. The standard InChI is InChI=1S/C21H27N3O5/c1-3-27-19-13-17(24-7-9-26-10-8-24)20(28-4-2)11-15(19)22-21(25)16-12-18(29-23-16)14-5-6-14/h11-14H,3-10H2,1-2H3,(H,22,25). The van der Waals surface area contributed by atoms with Gasteiger partial charge in [0.1, 0.15) is 17.3 Å². The summed E-state index contributed by atoms with van der Waals surface area (Å²) in [6, 6.07) is 5.46. The van der Waals surface area contributed by atoms with E-state index < -0.39 is 0 Å². The lowest BCUT2D eigenvalue weighted by Gasteiger charge is -2.31. The second-order valence-electron chi connectivity index (χ2n) is 7.12. The van der Waals surface area contributed by atoms with Crippen LogP contribution in [-0.2, 0) is 4.74 Å². The summed E-state index contributed by atoms with van der Waals surface area (Å²) >= 11 is 0. The highest BCUT2D eigenvalue weighted by Gasteiger charge is 2.29. The quantitative estimate of drug-likeness (QED) is 0.725. The number of nitrogens with one attached hydrogen (secondary N) is 1. The number of aromatic nitrogens is 1. The summed E-state index contributed by atoms with van der Waals surface area (Å²) in [5.41, 5.74) is 1.76. The fraction of sp³-hybridized carbons (Fsp3) is 0.524. The molecule has 2 heterocycles. The first-order valence-electron chi connectivity index (χ1n) is 10.2. The molecule has 0 bridgehead atoms. The highest BCUT2D eigenvalue weighted by atomic mass is 16.5. The van der Waals surface area contributed by atoms with Crippen LogP contribution >= 0.6 is 0 Å². The van der Waals surface area contributed by atoms with Crippen molar-refractivity contribution >= 4 is 17.3 Å². The Morgan fingerprint density at radius 3 is 2.55 bits per heavy atom. The molecule has 0 radical (unpaired) electrons. The van der Waals surface area contributed by atoms with Crippen LogP contribution < -0.4 is 19.7 Å². The zero-order chi connectivity index (χ0) is 20.2. The molecule has 29 heavy (non-hydrogen) atoms. The Morgan fingerprint density at radius 1 is 1.14 bits per heavy atom. The normalized spacial score (nSPS) is 16.6. The van der Waals surface area contributed by atoms with Gasteiger partial charge in [0.05, 0.1) is 37.8 Å².